The van der Waals surface area contributed by atoms with Gasteiger partial charge in [-0.1, -0.05) is 59.3 Å². The Morgan fingerprint density at radius 2 is 1.86 bits per heavy atom. The largest absolute Gasteiger partial charge is 0.325 e. The standard InChI is InChI=1S/C17H15ClN4/c18-14-7-4-8-15(11-14)22-17(16(12-19)20-21-22)10-9-13-5-2-1-3-6-13/h1-11H,12,19H2/b10-9+. The van der Waals surface area contributed by atoms with Crippen LogP contribution in [0.25, 0.3) is 17.8 Å². The van der Waals surface area contributed by atoms with E-state index in [4.69, 9.17) is 17.3 Å². The van der Waals surface area contributed by atoms with E-state index in [1.807, 2.05) is 66.7 Å². The maximum absolute atomic E-state index is 6.06. The van der Waals surface area contributed by atoms with Gasteiger partial charge in [0.15, 0.2) is 0 Å². The van der Waals surface area contributed by atoms with Crippen molar-refractivity contribution in [1.29, 1.82) is 0 Å². The van der Waals surface area contributed by atoms with E-state index in [0.717, 1.165) is 22.6 Å². The second-order valence-electron chi connectivity index (χ2n) is 4.76. The predicted molar refractivity (Wildman–Crippen MR) is 89.6 cm³/mol. The van der Waals surface area contributed by atoms with Gasteiger partial charge in [-0.05, 0) is 29.8 Å². The first-order valence-electron chi connectivity index (χ1n) is 6.91. The molecule has 110 valence electrons. The zero-order valence-corrected chi connectivity index (χ0v) is 12.6. The summed E-state index contributed by atoms with van der Waals surface area (Å²) in [6.45, 7) is 0.328. The molecule has 0 spiro atoms. The molecule has 2 N–H and O–H groups in total. The molecule has 5 heteroatoms. The van der Waals surface area contributed by atoms with Gasteiger partial charge in [0.05, 0.1) is 11.4 Å². The Hall–Kier alpha value is -2.43. The maximum Gasteiger partial charge on any atom is 0.104 e. The molecule has 0 bridgehead atoms. The molecule has 2 aromatic carbocycles. The van der Waals surface area contributed by atoms with Crippen molar-refractivity contribution < 1.29 is 0 Å². The second-order valence-corrected chi connectivity index (χ2v) is 5.20. The molecule has 0 radical (unpaired) electrons. The summed E-state index contributed by atoms with van der Waals surface area (Å²) in [7, 11) is 0. The van der Waals surface area contributed by atoms with Crippen molar-refractivity contribution in [3.8, 4) is 5.69 Å². The van der Waals surface area contributed by atoms with Crippen LogP contribution in [0, 0.1) is 0 Å². The van der Waals surface area contributed by atoms with Crippen LogP contribution in [-0.2, 0) is 6.54 Å². The van der Waals surface area contributed by atoms with E-state index in [1.165, 1.54) is 0 Å². The lowest BCUT2D eigenvalue weighted by atomic mass is 10.2. The number of aromatic nitrogens is 3. The van der Waals surface area contributed by atoms with Crippen LogP contribution in [0.15, 0.2) is 54.6 Å². The Morgan fingerprint density at radius 1 is 1.05 bits per heavy atom. The van der Waals surface area contributed by atoms with Gasteiger partial charge in [0.25, 0.3) is 0 Å². The van der Waals surface area contributed by atoms with Crippen molar-refractivity contribution in [2.75, 3.05) is 0 Å². The maximum atomic E-state index is 6.06. The quantitative estimate of drug-likeness (QED) is 0.801. The van der Waals surface area contributed by atoms with Gasteiger partial charge in [-0.2, -0.15) is 0 Å². The van der Waals surface area contributed by atoms with E-state index < -0.39 is 0 Å². The third kappa shape index (κ3) is 3.08. The summed E-state index contributed by atoms with van der Waals surface area (Å²) in [4.78, 5) is 0. The van der Waals surface area contributed by atoms with Crippen LogP contribution in [0.2, 0.25) is 5.02 Å². The van der Waals surface area contributed by atoms with Crippen molar-refractivity contribution in [3.05, 3.63) is 76.6 Å². The SMILES string of the molecule is NCc1nnn(-c2cccc(Cl)c2)c1/C=C/c1ccccc1. The number of halogens is 1. The number of nitrogens with zero attached hydrogens (tertiary/aromatic N) is 3. The normalized spacial score (nSPS) is 11.2. The second kappa shape index (κ2) is 6.56. The van der Waals surface area contributed by atoms with Crippen LogP contribution in [-0.4, -0.2) is 15.0 Å². The zero-order chi connectivity index (χ0) is 15.4. The summed E-state index contributed by atoms with van der Waals surface area (Å²) in [5.74, 6) is 0. The number of rotatable bonds is 4. The van der Waals surface area contributed by atoms with E-state index in [0.29, 0.717) is 11.6 Å². The first-order chi connectivity index (χ1) is 10.8. The van der Waals surface area contributed by atoms with Crippen molar-refractivity contribution in [3.63, 3.8) is 0 Å². The molecule has 1 aromatic heterocycles. The lowest BCUT2D eigenvalue weighted by Crippen LogP contribution is -2.02. The Bertz CT molecular complexity index is 793. The Morgan fingerprint density at radius 3 is 2.59 bits per heavy atom. The van der Waals surface area contributed by atoms with Gasteiger partial charge in [-0.25, -0.2) is 4.68 Å². The Labute approximate surface area is 133 Å². The first-order valence-corrected chi connectivity index (χ1v) is 7.29. The fraction of sp³-hybridized carbons (Fsp3) is 0.0588. The third-order valence-corrected chi connectivity index (χ3v) is 3.49. The van der Waals surface area contributed by atoms with Gasteiger partial charge in [-0.3, -0.25) is 0 Å². The third-order valence-electron chi connectivity index (χ3n) is 3.26. The number of hydrogen-bond acceptors (Lipinski definition) is 3. The minimum absolute atomic E-state index is 0.328. The minimum atomic E-state index is 0.328. The molecule has 0 atom stereocenters. The van der Waals surface area contributed by atoms with E-state index in [2.05, 4.69) is 10.3 Å². The predicted octanol–water partition coefficient (Wildman–Crippen LogP) is 3.55. The molecule has 22 heavy (non-hydrogen) atoms. The average molecular weight is 311 g/mol. The highest BCUT2D eigenvalue weighted by molar-refractivity contribution is 6.30. The molecular weight excluding hydrogens is 296 g/mol. The van der Waals surface area contributed by atoms with Gasteiger partial charge >= 0.3 is 0 Å². The monoisotopic (exact) mass is 310 g/mol. The van der Waals surface area contributed by atoms with Crippen molar-refractivity contribution >= 4 is 23.8 Å². The van der Waals surface area contributed by atoms with E-state index in [1.54, 1.807) is 4.68 Å². The summed E-state index contributed by atoms with van der Waals surface area (Å²) in [6, 6.07) is 17.5. The zero-order valence-electron chi connectivity index (χ0n) is 11.9. The summed E-state index contributed by atoms with van der Waals surface area (Å²) in [5, 5.41) is 8.99. The van der Waals surface area contributed by atoms with E-state index in [-0.39, 0.29) is 0 Å². The lowest BCUT2D eigenvalue weighted by Gasteiger charge is -2.04. The molecule has 3 rings (SSSR count). The van der Waals surface area contributed by atoms with E-state index in [9.17, 15) is 0 Å². The molecule has 0 saturated carbocycles. The highest BCUT2D eigenvalue weighted by Crippen LogP contribution is 2.19. The van der Waals surface area contributed by atoms with Crippen molar-refractivity contribution in [2.24, 2.45) is 5.73 Å². The van der Waals surface area contributed by atoms with Crippen molar-refractivity contribution in [1.82, 2.24) is 15.0 Å². The minimum Gasteiger partial charge on any atom is -0.325 e. The Kier molecular flexibility index (Phi) is 4.32. The molecule has 4 nitrogen and oxygen atoms in total. The fourth-order valence-corrected chi connectivity index (χ4v) is 2.35. The van der Waals surface area contributed by atoms with Crippen LogP contribution >= 0.6 is 11.6 Å². The summed E-state index contributed by atoms with van der Waals surface area (Å²) in [6.07, 6.45) is 3.98. The lowest BCUT2D eigenvalue weighted by molar-refractivity contribution is 0.793. The molecule has 0 amide bonds. The molecule has 1 heterocycles. The summed E-state index contributed by atoms with van der Waals surface area (Å²) in [5.41, 5.74) is 9.32. The topological polar surface area (TPSA) is 56.7 Å². The molecule has 0 aliphatic carbocycles. The molecule has 0 saturated heterocycles. The molecule has 3 aromatic rings. The Balaban J connectivity index is 2.03. The molecule has 0 aliphatic rings. The number of nitrogens with two attached hydrogens (primary N) is 1. The molecule has 0 fully saturated rings. The molecule has 0 aliphatic heterocycles. The summed E-state index contributed by atoms with van der Waals surface area (Å²) < 4.78 is 1.74. The van der Waals surface area contributed by atoms with Gasteiger partial charge in [-0.15, -0.1) is 5.10 Å². The van der Waals surface area contributed by atoms with Gasteiger partial charge in [0.2, 0.25) is 0 Å². The van der Waals surface area contributed by atoms with Gasteiger partial charge in [0.1, 0.15) is 5.69 Å². The average Bonchev–Trinajstić information content (AvgIpc) is 2.97. The molecule has 0 unspecified atom stereocenters. The number of hydrogen-bond donors (Lipinski definition) is 1. The van der Waals surface area contributed by atoms with Crippen LogP contribution in [0.1, 0.15) is 17.0 Å². The fourth-order valence-electron chi connectivity index (χ4n) is 2.17. The van der Waals surface area contributed by atoms with Crippen LogP contribution in [0.5, 0.6) is 0 Å². The molecular formula is C17H15ClN4. The van der Waals surface area contributed by atoms with E-state index >= 15 is 0 Å². The highest BCUT2D eigenvalue weighted by Gasteiger charge is 2.10. The van der Waals surface area contributed by atoms with Crippen molar-refractivity contribution in [2.45, 2.75) is 6.54 Å². The highest BCUT2D eigenvalue weighted by atomic mass is 35.5. The number of benzene rings is 2. The summed E-state index contributed by atoms with van der Waals surface area (Å²) >= 11 is 6.06. The van der Waals surface area contributed by atoms with Crippen LogP contribution in [0.3, 0.4) is 0 Å². The first kappa shape index (κ1) is 14.5. The van der Waals surface area contributed by atoms with Gasteiger partial charge in [0, 0.05) is 11.6 Å². The smallest absolute Gasteiger partial charge is 0.104 e. The van der Waals surface area contributed by atoms with Crippen LogP contribution < -0.4 is 5.73 Å². The van der Waals surface area contributed by atoms with Crippen LogP contribution in [0.4, 0.5) is 0 Å². The van der Waals surface area contributed by atoms with Gasteiger partial charge < -0.3 is 5.73 Å².